The summed E-state index contributed by atoms with van der Waals surface area (Å²) < 4.78 is 16.2. The quantitative estimate of drug-likeness (QED) is 0.778. The molecule has 1 saturated carbocycles. The molecular weight excluding hydrogens is 306 g/mol. The van der Waals surface area contributed by atoms with Crippen LogP contribution < -0.4 is 4.74 Å². The first-order valence-corrected chi connectivity index (χ1v) is 8.60. The SMILES string of the molecule is COc1cccc(-c2noc(CN(CC3CCOC3)C3CC3)n2)c1. The van der Waals surface area contributed by atoms with E-state index in [4.69, 9.17) is 14.0 Å². The van der Waals surface area contributed by atoms with Crippen LogP contribution >= 0.6 is 0 Å². The van der Waals surface area contributed by atoms with Crippen LogP contribution in [0.15, 0.2) is 28.8 Å². The average molecular weight is 329 g/mol. The summed E-state index contributed by atoms with van der Waals surface area (Å²) in [7, 11) is 1.65. The van der Waals surface area contributed by atoms with Gasteiger partial charge in [0.05, 0.1) is 20.3 Å². The number of benzene rings is 1. The van der Waals surface area contributed by atoms with Gasteiger partial charge >= 0.3 is 0 Å². The average Bonchev–Trinajstić information content (AvgIpc) is 3.14. The Kier molecular flexibility index (Phi) is 4.49. The van der Waals surface area contributed by atoms with Gasteiger partial charge in [0.1, 0.15) is 5.75 Å². The number of hydrogen-bond donors (Lipinski definition) is 0. The lowest BCUT2D eigenvalue weighted by Gasteiger charge is -2.22. The van der Waals surface area contributed by atoms with Crippen LogP contribution in [-0.4, -0.2) is 48.0 Å². The topological polar surface area (TPSA) is 60.6 Å². The van der Waals surface area contributed by atoms with Gasteiger partial charge in [-0.15, -0.1) is 0 Å². The second kappa shape index (κ2) is 6.91. The second-order valence-corrected chi connectivity index (χ2v) is 6.63. The summed E-state index contributed by atoms with van der Waals surface area (Å²) in [6.07, 6.45) is 3.69. The molecule has 2 fully saturated rings. The molecule has 1 unspecified atom stereocenters. The molecule has 2 aliphatic rings. The van der Waals surface area contributed by atoms with E-state index in [1.807, 2.05) is 24.3 Å². The molecule has 1 aliphatic carbocycles. The predicted octanol–water partition coefficient (Wildman–Crippen LogP) is 2.75. The predicted molar refractivity (Wildman–Crippen MR) is 88.6 cm³/mol. The Morgan fingerprint density at radius 1 is 1.29 bits per heavy atom. The van der Waals surface area contributed by atoms with Crippen molar-refractivity contribution < 1.29 is 14.0 Å². The fourth-order valence-electron chi connectivity index (χ4n) is 3.21. The smallest absolute Gasteiger partial charge is 0.241 e. The number of rotatable bonds is 7. The normalized spacial score (nSPS) is 20.7. The molecule has 1 saturated heterocycles. The van der Waals surface area contributed by atoms with Gasteiger partial charge in [-0.2, -0.15) is 4.98 Å². The van der Waals surface area contributed by atoms with E-state index in [-0.39, 0.29) is 0 Å². The molecule has 128 valence electrons. The van der Waals surface area contributed by atoms with Crippen molar-refractivity contribution in [1.29, 1.82) is 0 Å². The van der Waals surface area contributed by atoms with E-state index in [0.717, 1.165) is 44.0 Å². The van der Waals surface area contributed by atoms with Gasteiger partial charge in [-0.3, -0.25) is 4.90 Å². The van der Waals surface area contributed by atoms with Crippen LogP contribution in [0, 0.1) is 5.92 Å². The van der Waals surface area contributed by atoms with Gasteiger partial charge in [0.2, 0.25) is 11.7 Å². The first kappa shape index (κ1) is 15.6. The molecule has 0 N–H and O–H groups in total. The van der Waals surface area contributed by atoms with E-state index >= 15 is 0 Å². The summed E-state index contributed by atoms with van der Waals surface area (Å²) in [5.74, 6) is 2.72. The van der Waals surface area contributed by atoms with Gasteiger partial charge < -0.3 is 14.0 Å². The molecule has 1 aromatic heterocycles. The Bertz CT molecular complexity index is 678. The Hall–Kier alpha value is -1.92. The Balaban J connectivity index is 1.45. The van der Waals surface area contributed by atoms with Gasteiger partial charge in [0.15, 0.2) is 0 Å². The molecule has 1 aromatic carbocycles. The molecule has 2 heterocycles. The zero-order chi connectivity index (χ0) is 16.4. The van der Waals surface area contributed by atoms with Gasteiger partial charge in [0, 0.05) is 24.8 Å². The van der Waals surface area contributed by atoms with Crippen molar-refractivity contribution >= 4 is 0 Å². The van der Waals surface area contributed by atoms with E-state index in [2.05, 4.69) is 15.0 Å². The van der Waals surface area contributed by atoms with Gasteiger partial charge in [0.25, 0.3) is 0 Å². The minimum Gasteiger partial charge on any atom is -0.497 e. The fourth-order valence-corrected chi connectivity index (χ4v) is 3.21. The van der Waals surface area contributed by atoms with Crippen molar-refractivity contribution in [2.24, 2.45) is 5.92 Å². The summed E-state index contributed by atoms with van der Waals surface area (Å²) >= 11 is 0. The highest BCUT2D eigenvalue weighted by Crippen LogP contribution is 2.30. The van der Waals surface area contributed by atoms with Crippen LogP contribution in [0.25, 0.3) is 11.4 Å². The summed E-state index contributed by atoms with van der Waals surface area (Å²) in [5, 5.41) is 4.13. The van der Waals surface area contributed by atoms with Gasteiger partial charge in [-0.05, 0) is 37.3 Å². The Morgan fingerprint density at radius 3 is 2.96 bits per heavy atom. The van der Waals surface area contributed by atoms with Crippen LogP contribution in [0.2, 0.25) is 0 Å². The Morgan fingerprint density at radius 2 is 2.21 bits per heavy atom. The van der Waals surface area contributed by atoms with Crippen molar-refractivity contribution in [1.82, 2.24) is 15.0 Å². The zero-order valence-electron chi connectivity index (χ0n) is 14.0. The molecule has 0 radical (unpaired) electrons. The third kappa shape index (κ3) is 3.60. The highest BCUT2D eigenvalue weighted by Gasteiger charge is 2.32. The fraction of sp³-hybridized carbons (Fsp3) is 0.556. The van der Waals surface area contributed by atoms with Crippen LogP contribution in [-0.2, 0) is 11.3 Å². The summed E-state index contributed by atoms with van der Waals surface area (Å²) in [6, 6.07) is 8.39. The van der Waals surface area contributed by atoms with Crippen LogP contribution in [0.4, 0.5) is 0 Å². The summed E-state index contributed by atoms with van der Waals surface area (Å²) in [5.41, 5.74) is 0.909. The van der Waals surface area contributed by atoms with E-state index in [0.29, 0.717) is 23.7 Å². The molecule has 1 atom stereocenters. The number of methoxy groups -OCH3 is 1. The molecule has 6 nitrogen and oxygen atoms in total. The molecule has 0 spiro atoms. The number of ether oxygens (including phenoxy) is 2. The maximum Gasteiger partial charge on any atom is 0.241 e. The third-order valence-corrected chi connectivity index (χ3v) is 4.71. The highest BCUT2D eigenvalue weighted by atomic mass is 16.5. The van der Waals surface area contributed by atoms with Crippen molar-refractivity contribution in [2.75, 3.05) is 26.9 Å². The van der Waals surface area contributed by atoms with E-state index < -0.39 is 0 Å². The van der Waals surface area contributed by atoms with Crippen LogP contribution in [0.1, 0.15) is 25.2 Å². The lowest BCUT2D eigenvalue weighted by Crippen LogP contribution is -2.31. The van der Waals surface area contributed by atoms with E-state index in [9.17, 15) is 0 Å². The van der Waals surface area contributed by atoms with Crippen molar-refractivity contribution in [3.8, 4) is 17.1 Å². The highest BCUT2D eigenvalue weighted by molar-refractivity contribution is 5.56. The minimum absolute atomic E-state index is 0.615. The monoisotopic (exact) mass is 329 g/mol. The van der Waals surface area contributed by atoms with Crippen LogP contribution in [0.3, 0.4) is 0 Å². The minimum atomic E-state index is 0.615. The number of nitrogens with zero attached hydrogens (tertiary/aromatic N) is 3. The molecule has 6 heteroatoms. The van der Waals surface area contributed by atoms with E-state index in [1.165, 1.54) is 12.8 Å². The first-order valence-electron chi connectivity index (χ1n) is 8.60. The molecule has 2 aromatic rings. The third-order valence-electron chi connectivity index (χ3n) is 4.71. The number of hydrogen-bond acceptors (Lipinski definition) is 6. The summed E-state index contributed by atoms with van der Waals surface area (Å²) in [6.45, 7) is 3.55. The summed E-state index contributed by atoms with van der Waals surface area (Å²) in [4.78, 5) is 7.05. The van der Waals surface area contributed by atoms with Crippen molar-refractivity contribution in [3.63, 3.8) is 0 Å². The second-order valence-electron chi connectivity index (χ2n) is 6.63. The maximum absolute atomic E-state index is 5.50. The van der Waals surface area contributed by atoms with E-state index in [1.54, 1.807) is 7.11 Å². The molecule has 0 amide bonds. The van der Waals surface area contributed by atoms with Gasteiger partial charge in [-0.1, -0.05) is 17.3 Å². The standard InChI is InChI=1S/C18H23N3O3/c1-22-16-4-2-3-14(9-16)18-19-17(24-20-18)11-21(15-5-6-15)10-13-7-8-23-12-13/h2-4,9,13,15H,5-8,10-12H2,1H3. The molecule has 0 bridgehead atoms. The first-order chi connectivity index (χ1) is 11.8. The number of aromatic nitrogens is 2. The largest absolute Gasteiger partial charge is 0.497 e. The molecule has 24 heavy (non-hydrogen) atoms. The lowest BCUT2D eigenvalue weighted by molar-refractivity contribution is 0.153. The zero-order valence-corrected chi connectivity index (χ0v) is 14.0. The molecule has 4 rings (SSSR count). The maximum atomic E-state index is 5.50. The lowest BCUT2D eigenvalue weighted by atomic mass is 10.1. The van der Waals surface area contributed by atoms with Crippen molar-refractivity contribution in [3.05, 3.63) is 30.2 Å². The van der Waals surface area contributed by atoms with Gasteiger partial charge in [-0.25, -0.2) is 0 Å². The molecule has 1 aliphatic heterocycles. The molecular formula is C18H23N3O3. The van der Waals surface area contributed by atoms with Crippen molar-refractivity contribution in [2.45, 2.75) is 31.8 Å². The van der Waals surface area contributed by atoms with Crippen LogP contribution in [0.5, 0.6) is 5.75 Å². The Labute approximate surface area is 141 Å².